The Labute approximate surface area is 83.4 Å². The summed E-state index contributed by atoms with van der Waals surface area (Å²) in [5, 5.41) is 11.2. The molecule has 1 fully saturated rings. The molecule has 0 unspecified atom stereocenters. The maximum Gasteiger partial charge on any atom is 0.227 e. The fraction of sp³-hybridized carbons (Fsp3) is 0.889. The Balaban J connectivity index is 2.17. The summed E-state index contributed by atoms with van der Waals surface area (Å²) < 4.78 is 10.4. The third kappa shape index (κ3) is 3.61. The maximum absolute atomic E-state index is 11.4. The van der Waals surface area contributed by atoms with Gasteiger partial charge >= 0.3 is 0 Å². The van der Waals surface area contributed by atoms with E-state index in [1.54, 1.807) is 6.92 Å². The first-order valence-corrected chi connectivity index (χ1v) is 4.86. The molecule has 0 atom stereocenters. The van der Waals surface area contributed by atoms with Gasteiger partial charge in [-0.3, -0.25) is 4.79 Å². The summed E-state index contributed by atoms with van der Waals surface area (Å²) in [6.07, 6.45) is 0.368. The van der Waals surface area contributed by atoms with Gasteiger partial charge in [0.2, 0.25) is 5.91 Å². The Morgan fingerprint density at radius 2 is 2.14 bits per heavy atom. The number of rotatable bonds is 4. The number of ether oxygens (including phenoxy) is 2. The van der Waals surface area contributed by atoms with Crippen LogP contribution >= 0.6 is 0 Å². The summed E-state index contributed by atoms with van der Waals surface area (Å²) in [6, 6.07) is 0. The van der Waals surface area contributed by atoms with E-state index < -0.39 is 0 Å². The van der Waals surface area contributed by atoms with Gasteiger partial charge in [0.05, 0.1) is 19.1 Å². The van der Waals surface area contributed by atoms with Crippen molar-refractivity contribution in [2.24, 2.45) is 5.92 Å². The van der Waals surface area contributed by atoms with E-state index in [4.69, 9.17) is 14.6 Å². The molecule has 2 N–H and O–H groups in total. The van der Waals surface area contributed by atoms with Crippen LogP contribution in [0.15, 0.2) is 0 Å². The Morgan fingerprint density at radius 1 is 1.50 bits per heavy atom. The van der Waals surface area contributed by atoms with E-state index in [1.165, 1.54) is 0 Å². The van der Waals surface area contributed by atoms with E-state index in [0.29, 0.717) is 26.2 Å². The molecule has 1 aliphatic rings. The lowest BCUT2D eigenvalue weighted by molar-refractivity contribution is -0.192. The number of aliphatic hydroxyl groups is 1. The van der Waals surface area contributed by atoms with Crippen LogP contribution in [-0.4, -0.2) is 43.7 Å². The van der Waals surface area contributed by atoms with Gasteiger partial charge in [-0.25, -0.2) is 0 Å². The lowest BCUT2D eigenvalue weighted by atomic mass is 10.1. The first-order valence-electron chi connectivity index (χ1n) is 4.86. The second-order valence-corrected chi connectivity index (χ2v) is 3.30. The number of amides is 1. The fourth-order valence-electron chi connectivity index (χ4n) is 1.19. The van der Waals surface area contributed by atoms with Crippen LogP contribution < -0.4 is 5.32 Å². The summed E-state index contributed by atoms with van der Waals surface area (Å²) in [6.45, 7) is 3.22. The standard InChI is InChI=1S/C9H17NO4/c1-7-13-5-8(6-14-7)9(12)10-3-2-4-11/h7-8,11H,2-6H2,1H3,(H,10,12). The zero-order chi connectivity index (χ0) is 10.4. The van der Waals surface area contributed by atoms with Crippen LogP contribution in [0.4, 0.5) is 0 Å². The van der Waals surface area contributed by atoms with E-state index >= 15 is 0 Å². The molecule has 0 radical (unpaired) electrons. The smallest absolute Gasteiger partial charge is 0.227 e. The molecule has 1 rings (SSSR count). The van der Waals surface area contributed by atoms with E-state index in [1.807, 2.05) is 0 Å². The summed E-state index contributed by atoms with van der Waals surface area (Å²) in [4.78, 5) is 11.4. The van der Waals surface area contributed by atoms with E-state index in [2.05, 4.69) is 5.32 Å². The van der Waals surface area contributed by atoms with Crippen molar-refractivity contribution in [1.82, 2.24) is 5.32 Å². The van der Waals surface area contributed by atoms with Crippen molar-refractivity contribution in [3.05, 3.63) is 0 Å². The van der Waals surface area contributed by atoms with Gasteiger partial charge in [-0.2, -0.15) is 0 Å². The minimum atomic E-state index is -0.218. The average molecular weight is 203 g/mol. The molecular weight excluding hydrogens is 186 g/mol. The molecule has 0 saturated carbocycles. The highest BCUT2D eigenvalue weighted by atomic mass is 16.7. The molecule has 1 saturated heterocycles. The fourth-order valence-corrected chi connectivity index (χ4v) is 1.19. The Kier molecular flexibility index (Phi) is 4.86. The van der Waals surface area contributed by atoms with Crippen molar-refractivity contribution in [2.75, 3.05) is 26.4 Å². The summed E-state index contributed by atoms with van der Waals surface area (Å²) in [7, 11) is 0. The van der Waals surface area contributed by atoms with Gasteiger partial charge in [-0.05, 0) is 13.3 Å². The number of aliphatic hydroxyl groups excluding tert-OH is 1. The van der Waals surface area contributed by atoms with Crippen molar-refractivity contribution in [3.8, 4) is 0 Å². The molecule has 1 heterocycles. The molecule has 1 amide bonds. The normalized spacial score (nSPS) is 27.3. The minimum absolute atomic E-state index is 0.0645. The van der Waals surface area contributed by atoms with Gasteiger partial charge < -0.3 is 19.9 Å². The molecule has 82 valence electrons. The van der Waals surface area contributed by atoms with Gasteiger partial charge in [0.15, 0.2) is 6.29 Å². The molecule has 5 nitrogen and oxygen atoms in total. The molecule has 14 heavy (non-hydrogen) atoms. The topological polar surface area (TPSA) is 67.8 Å². The van der Waals surface area contributed by atoms with Crippen LogP contribution in [0.3, 0.4) is 0 Å². The highest BCUT2D eigenvalue weighted by molar-refractivity contribution is 5.78. The molecule has 0 aromatic carbocycles. The highest BCUT2D eigenvalue weighted by Gasteiger charge is 2.24. The van der Waals surface area contributed by atoms with Crippen LogP contribution in [0.25, 0.3) is 0 Å². The minimum Gasteiger partial charge on any atom is -0.396 e. The summed E-state index contributed by atoms with van der Waals surface area (Å²) in [5.74, 6) is -0.282. The molecule has 0 spiro atoms. The van der Waals surface area contributed by atoms with Crippen LogP contribution in [0, 0.1) is 5.92 Å². The Bertz CT molecular complexity index is 178. The summed E-state index contributed by atoms with van der Waals surface area (Å²) >= 11 is 0. The lowest BCUT2D eigenvalue weighted by Crippen LogP contribution is -2.41. The third-order valence-electron chi connectivity index (χ3n) is 2.07. The predicted molar refractivity (Wildman–Crippen MR) is 49.6 cm³/mol. The van der Waals surface area contributed by atoms with Gasteiger partial charge in [0, 0.05) is 13.2 Å². The van der Waals surface area contributed by atoms with Gasteiger partial charge in [-0.15, -0.1) is 0 Å². The van der Waals surface area contributed by atoms with Gasteiger partial charge in [0.25, 0.3) is 0 Å². The molecular formula is C9H17NO4. The zero-order valence-corrected chi connectivity index (χ0v) is 8.36. The van der Waals surface area contributed by atoms with Crippen LogP contribution in [0.1, 0.15) is 13.3 Å². The van der Waals surface area contributed by atoms with Crippen LogP contribution in [-0.2, 0) is 14.3 Å². The third-order valence-corrected chi connectivity index (χ3v) is 2.07. The molecule has 0 aromatic heterocycles. The van der Waals surface area contributed by atoms with Crippen molar-refractivity contribution in [3.63, 3.8) is 0 Å². The van der Waals surface area contributed by atoms with E-state index in [-0.39, 0.29) is 24.7 Å². The Morgan fingerprint density at radius 3 is 2.71 bits per heavy atom. The molecule has 0 bridgehead atoms. The number of hydrogen-bond acceptors (Lipinski definition) is 4. The number of carbonyl (C=O) groups excluding carboxylic acids is 1. The van der Waals surface area contributed by atoms with Crippen LogP contribution in [0.2, 0.25) is 0 Å². The average Bonchev–Trinajstić information content (AvgIpc) is 2.19. The lowest BCUT2D eigenvalue weighted by Gasteiger charge is -2.26. The quantitative estimate of drug-likeness (QED) is 0.604. The SMILES string of the molecule is CC1OCC(C(=O)NCCCO)CO1. The predicted octanol–water partition coefficient (Wildman–Crippen LogP) is -0.506. The number of nitrogens with one attached hydrogen (secondary N) is 1. The molecule has 0 aromatic rings. The van der Waals surface area contributed by atoms with Gasteiger partial charge in [-0.1, -0.05) is 0 Å². The second kappa shape index (κ2) is 5.95. The van der Waals surface area contributed by atoms with Crippen molar-refractivity contribution in [1.29, 1.82) is 0 Å². The number of carbonyl (C=O) groups is 1. The first kappa shape index (κ1) is 11.4. The second-order valence-electron chi connectivity index (χ2n) is 3.30. The number of hydrogen-bond donors (Lipinski definition) is 2. The monoisotopic (exact) mass is 203 g/mol. The largest absolute Gasteiger partial charge is 0.396 e. The maximum atomic E-state index is 11.4. The van der Waals surface area contributed by atoms with Crippen molar-refractivity contribution in [2.45, 2.75) is 19.6 Å². The van der Waals surface area contributed by atoms with E-state index in [0.717, 1.165) is 0 Å². The molecule has 1 aliphatic heterocycles. The van der Waals surface area contributed by atoms with Crippen LogP contribution in [0.5, 0.6) is 0 Å². The van der Waals surface area contributed by atoms with Crippen molar-refractivity contribution < 1.29 is 19.4 Å². The highest BCUT2D eigenvalue weighted by Crippen LogP contribution is 2.10. The first-order chi connectivity index (χ1) is 6.74. The molecule has 0 aliphatic carbocycles. The summed E-state index contributed by atoms with van der Waals surface area (Å²) in [5.41, 5.74) is 0. The van der Waals surface area contributed by atoms with E-state index in [9.17, 15) is 4.79 Å². The van der Waals surface area contributed by atoms with Gasteiger partial charge in [0.1, 0.15) is 0 Å². The van der Waals surface area contributed by atoms with Crippen molar-refractivity contribution >= 4 is 5.91 Å². The zero-order valence-electron chi connectivity index (χ0n) is 8.36. The molecule has 5 heteroatoms. The Hall–Kier alpha value is -0.650.